The predicted octanol–water partition coefficient (Wildman–Crippen LogP) is 2.91. The number of ether oxygens (including phenoxy) is 1. The van der Waals surface area contributed by atoms with Crippen molar-refractivity contribution in [2.75, 3.05) is 20.2 Å². The molecule has 0 spiro atoms. The number of hydrogen-bond acceptors (Lipinski definition) is 5. The zero-order chi connectivity index (χ0) is 15.1. The largest absolute Gasteiger partial charge is 0.492 e. The second kappa shape index (κ2) is 7.31. The minimum Gasteiger partial charge on any atom is -0.492 e. The van der Waals surface area contributed by atoms with Crippen molar-refractivity contribution in [3.05, 3.63) is 64.6 Å². The highest BCUT2D eigenvalue weighted by Gasteiger charge is 2.09. The van der Waals surface area contributed by atoms with E-state index in [-0.39, 0.29) is 5.78 Å². The fourth-order valence-electron chi connectivity index (χ4n) is 1.81. The summed E-state index contributed by atoms with van der Waals surface area (Å²) in [6.07, 6.45) is 0. The van der Waals surface area contributed by atoms with Crippen LogP contribution in [0.1, 0.15) is 15.9 Å². The van der Waals surface area contributed by atoms with Crippen molar-refractivity contribution in [2.45, 2.75) is 0 Å². The molecule has 21 heavy (non-hydrogen) atoms. The van der Waals surface area contributed by atoms with E-state index in [1.807, 2.05) is 7.05 Å². The van der Waals surface area contributed by atoms with Gasteiger partial charge in [0.05, 0.1) is 0 Å². The first-order valence-corrected chi connectivity index (χ1v) is 6.60. The Morgan fingerprint density at radius 2 is 1.62 bits per heavy atom. The van der Waals surface area contributed by atoms with Crippen LogP contribution in [0.25, 0.3) is 0 Å². The number of benzene rings is 2. The Morgan fingerprint density at radius 1 is 1.05 bits per heavy atom. The quantitative estimate of drug-likeness (QED) is 0.482. The Labute approximate surface area is 122 Å². The molecule has 0 bridgehead atoms. The minimum atomic E-state index is -0.103. The second-order valence-corrected chi connectivity index (χ2v) is 4.44. The van der Waals surface area contributed by atoms with Crippen molar-refractivity contribution < 1.29 is 9.53 Å². The molecule has 5 nitrogen and oxygen atoms in total. The van der Waals surface area contributed by atoms with Crippen LogP contribution in [-0.4, -0.2) is 26.0 Å². The summed E-state index contributed by atoms with van der Waals surface area (Å²) in [6, 6.07) is 13.2. The first-order chi connectivity index (χ1) is 10.2. The normalized spacial score (nSPS) is 10.1. The average Bonchev–Trinajstić information content (AvgIpc) is 2.55. The summed E-state index contributed by atoms with van der Waals surface area (Å²) in [5.74, 6) is 0.622. The SMILES string of the molecule is CNCCOc1ccc(C(=O)c2ccc(N=O)cc2)cc1. The molecule has 0 fully saturated rings. The number of rotatable bonds is 7. The van der Waals surface area contributed by atoms with Gasteiger partial charge in [-0.1, -0.05) is 0 Å². The predicted molar refractivity (Wildman–Crippen MR) is 81.2 cm³/mol. The molecule has 2 aromatic carbocycles. The monoisotopic (exact) mass is 284 g/mol. The molecule has 2 rings (SSSR count). The lowest BCUT2D eigenvalue weighted by atomic mass is 10.0. The number of nitrogens with zero attached hydrogens (tertiary/aromatic N) is 1. The van der Waals surface area contributed by atoms with Crippen LogP contribution in [-0.2, 0) is 0 Å². The maximum atomic E-state index is 12.3. The fraction of sp³-hybridized carbons (Fsp3) is 0.188. The van der Waals surface area contributed by atoms with Crippen molar-refractivity contribution in [1.29, 1.82) is 0 Å². The molecule has 0 saturated carbocycles. The van der Waals surface area contributed by atoms with Crippen molar-refractivity contribution in [1.82, 2.24) is 5.32 Å². The van der Waals surface area contributed by atoms with Crippen molar-refractivity contribution in [3.8, 4) is 5.75 Å². The lowest BCUT2D eigenvalue weighted by Crippen LogP contribution is -2.15. The van der Waals surface area contributed by atoms with Crippen LogP contribution >= 0.6 is 0 Å². The summed E-state index contributed by atoms with van der Waals surface area (Å²) in [5, 5.41) is 5.80. The van der Waals surface area contributed by atoms with E-state index in [9.17, 15) is 9.70 Å². The van der Waals surface area contributed by atoms with Crippen LogP contribution in [0.5, 0.6) is 5.75 Å². The van der Waals surface area contributed by atoms with Gasteiger partial charge in [-0.15, -0.1) is 4.91 Å². The molecule has 0 aliphatic carbocycles. The molecular weight excluding hydrogens is 268 g/mol. The standard InChI is InChI=1S/C16H16N2O3/c1-17-10-11-21-15-8-4-13(5-9-15)16(19)12-2-6-14(18-20)7-3-12/h2-9,17H,10-11H2,1H3. The Kier molecular flexibility index (Phi) is 5.17. The lowest BCUT2D eigenvalue weighted by Gasteiger charge is -2.06. The molecule has 0 unspecified atom stereocenters. The second-order valence-electron chi connectivity index (χ2n) is 4.44. The highest BCUT2D eigenvalue weighted by atomic mass is 16.5. The van der Waals surface area contributed by atoms with Crippen LogP contribution in [0, 0.1) is 4.91 Å². The van der Waals surface area contributed by atoms with Gasteiger partial charge in [-0.2, -0.15) is 0 Å². The molecule has 0 aromatic heterocycles. The van der Waals surface area contributed by atoms with Crippen molar-refractivity contribution >= 4 is 11.5 Å². The average molecular weight is 284 g/mol. The molecule has 0 heterocycles. The smallest absolute Gasteiger partial charge is 0.193 e. The molecular formula is C16H16N2O3. The summed E-state index contributed by atoms with van der Waals surface area (Å²) < 4.78 is 5.50. The van der Waals surface area contributed by atoms with E-state index < -0.39 is 0 Å². The Balaban J connectivity index is 2.06. The number of hydrogen-bond donors (Lipinski definition) is 1. The Morgan fingerprint density at radius 3 is 2.14 bits per heavy atom. The van der Waals surface area contributed by atoms with Gasteiger partial charge in [-0.05, 0) is 60.8 Å². The summed E-state index contributed by atoms with van der Waals surface area (Å²) in [5.41, 5.74) is 1.40. The summed E-state index contributed by atoms with van der Waals surface area (Å²) >= 11 is 0. The van der Waals surface area contributed by atoms with Crippen LogP contribution in [0.3, 0.4) is 0 Å². The van der Waals surface area contributed by atoms with Gasteiger partial charge in [-0.25, -0.2) is 0 Å². The number of nitroso groups, excluding NO2 is 1. The van der Waals surface area contributed by atoms with Gasteiger partial charge in [0.2, 0.25) is 0 Å². The first kappa shape index (κ1) is 14.9. The van der Waals surface area contributed by atoms with Crippen molar-refractivity contribution in [2.24, 2.45) is 5.18 Å². The van der Waals surface area contributed by atoms with Gasteiger partial charge in [0, 0.05) is 17.7 Å². The molecule has 2 aromatic rings. The Hall–Kier alpha value is -2.53. The molecule has 0 atom stereocenters. The van der Waals surface area contributed by atoms with Crippen LogP contribution in [0.4, 0.5) is 5.69 Å². The summed E-state index contributed by atoms with van der Waals surface area (Å²) in [6.45, 7) is 1.34. The molecule has 108 valence electrons. The molecule has 0 saturated heterocycles. The van der Waals surface area contributed by atoms with Gasteiger partial charge in [0.15, 0.2) is 5.78 Å². The maximum Gasteiger partial charge on any atom is 0.193 e. The van der Waals surface area contributed by atoms with E-state index in [0.29, 0.717) is 23.4 Å². The highest BCUT2D eigenvalue weighted by molar-refractivity contribution is 6.09. The van der Waals surface area contributed by atoms with E-state index in [4.69, 9.17) is 4.74 Å². The lowest BCUT2D eigenvalue weighted by molar-refractivity contribution is 0.103. The fourth-order valence-corrected chi connectivity index (χ4v) is 1.81. The zero-order valence-corrected chi connectivity index (χ0v) is 11.7. The highest BCUT2D eigenvalue weighted by Crippen LogP contribution is 2.18. The molecule has 0 radical (unpaired) electrons. The summed E-state index contributed by atoms with van der Waals surface area (Å²) in [4.78, 5) is 22.6. The third kappa shape index (κ3) is 3.97. The van der Waals surface area contributed by atoms with Gasteiger partial charge in [0.1, 0.15) is 18.0 Å². The van der Waals surface area contributed by atoms with E-state index in [0.717, 1.165) is 12.3 Å². The molecule has 1 N–H and O–H groups in total. The van der Waals surface area contributed by atoms with Gasteiger partial charge >= 0.3 is 0 Å². The number of carbonyl (C=O) groups excluding carboxylic acids is 1. The van der Waals surface area contributed by atoms with Crippen molar-refractivity contribution in [3.63, 3.8) is 0 Å². The molecule has 0 amide bonds. The summed E-state index contributed by atoms with van der Waals surface area (Å²) in [7, 11) is 1.86. The number of carbonyl (C=O) groups is 1. The van der Waals surface area contributed by atoms with Crippen LogP contribution in [0.2, 0.25) is 0 Å². The molecule has 5 heteroatoms. The van der Waals surface area contributed by atoms with Crippen LogP contribution < -0.4 is 10.1 Å². The zero-order valence-electron chi connectivity index (χ0n) is 11.7. The Bertz CT molecular complexity index is 606. The minimum absolute atomic E-state index is 0.103. The van der Waals surface area contributed by atoms with E-state index in [1.165, 1.54) is 12.1 Å². The van der Waals surface area contributed by atoms with E-state index in [1.54, 1.807) is 36.4 Å². The first-order valence-electron chi connectivity index (χ1n) is 6.60. The topological polar surface area (TPSA) is 67.8 Å². The van der Waals surface area contributed by atoms with Gasteiger partial charge in [-0.3, -0.25) is 4.79 Å². The number of ketones is 1. The van der Waals surface area contributed by atoms with Gasteiger partial charge < -0.3 is 10.1 Å². The molecule has 0 aliphatic heterocycles. The maximum absolute atomic E-state index is 12.3. The van der Waals surface area contributed by atoms with Crippen LogP contribution in [0.15, 0.2) is 53.7 Å². The van der Waals surface area contributed by atoms with E-state index >= 15 is 0 Å². The molecule has 0 aliphatic rings. The number of likely N-dealkylation sites (N-methyl/N-ethyl adjacent to an activating group) is 1. The van der Waals surface area contributed by atoms with Gasteiger partial charge in [0.25, 0.3) is 0 Å². The van der Waals surface area contributed by atoms with E-state index in [2.05, 4.69) is 10.5 Å². The number of nitrogens with one attached hydrogen (secondary N) is 1. The third-order valence-corrected chi connectivity index (χ3v) is 2.97. The third-order valence-electron chi connectivity index (χ3n) is 2.97.